The summed E-state index contributed by atoms with van der Waals surface area (Å²) in [5, 5.41) is 0. The molecule has 0 aliphatic heterocycles. The van der Waals surface area contributed by atoms with E-state index in [1.165, 1.54) is 51.4 Å². The molecule has 0 bridgehead atoms. The smallest absolute Gasteiger partial charge is 0.306 e. The van der Waals surface area contributed by atoms with Gasteiger partial charge in [-0.2, -0.15) is 0 Å². The summed E-state index contributed by atoms with van der Waals surface area (Å²) in [4.78, 5) is 38.1. The molecule has 6 nitrogen and oxygen atoms in total. The number of allylic oxidation sites excluding steroid dienone is 24. The summed E-state index contributed by atoms with van der Waals surface area (Å²) in [5.74, 6) is -1.07. The Bertz CT molecular complexity index is 1590. The van der Waals surface area contributed by atoms with Crippen LogP contribution in [0.4, 0.5) is 0 Å². The first kappa shape index (κ1) is 66.3. The Kier molecular flexibility index (Phi) is 54.0. The van der Waals surface area contributed by atoms with Crippen LogP contribution in [0.3, 0.4) is 0 Å². The molecule has 0 aliphatic carbocycles. The molecule has 0 radical (unpaired) electrons. The number of carbonyl (C=O) groups is 3. The standard InChI is InChI=1S/C65H102O6/c1-4-7-10-13-16-19-22-25-28-31-32-35-37-40-43-46-49-52-55-58-64(67)70-61-62(71-65(68)59-56-53-50-47-44-41-38-34-30-27-24-21-18-15-12-9-6-3)60-69-63(66)57-54-51-48-45-42-39-36-33-29-26-23-20-17-14-11-8-5-2/h8,11,16-21,25-30,32,35-36,38-41,43,49,52,62H,4-7,9-10,12-15,22-24,31,33-34,37,42,44-48,50-51,53-61H2,1-3H3/b11-8-,19-16-,20-17-,21-18-,28-25-,29-26-,30-27-,35-32-,39-36-,41-38-,43-40-,52-49-/t62-/m1/s1. The average Bonchev–Trinajstić information content (AvgIpc) is 3.37. The minimum absolute atomic E-state index is 0.129. The van der Waals surface area contributed by atoms with Crippen LogP contribution in [0.2, 0.25) is 0 Å². The van der Waals surface area contributed by atoms with Crippen molar-refractivity contribution in [3.63, 3.8) is 0 Å². The van der Waals surface area contributed by atoms with Crippen LogP contribution in [0.25, 0.3) is 0 Å². The van der Waals surface area contributed by atoms with E-state index >= 15 is 0 Å². The SMILES string of the molecule is CC/C=C\C/C=C\C/C=C\C/C=C\CCCCCCC(=O)OC[C@H](COC(=O)CC/C=C\C/C=C\C/C=C\C/C=C\C/C=C\CCCCC)OC(=O)CCCCCC/C=C\C/C=C\C/C=C\CCCCC. The van der Waals surface area contributed by atoms with Crippen LogP contribution in [-0.2, 0) is 28.6 Å². The second-order valence-corrected chi connectivity index (χ2v) is 18.1. The molecular formula is C65H102O6. The predicted octanol–water partition coefficient (Wildman–Crippen LogP) is 19.2. The Balaban J connectivity index is 4.62. The van der Waals surface area contributed by atoms with E-state index in [1.54, 1.807) is 0 Å². The summed E-state index contributed by atoms with van der Waals surface area (Å²) in [7, 11) is 0. The summed E-state index contributed by atoms with van der Waals surface area (Å²) in [6.45, 7) is 6.35. The summed E-state index contributed by atoms with van der Waals surface area (Å²) >= 11 is 0. The third kappa shape index (κ3) is 56.1. The van der Waals surface area contributed by atoms with E-state index < -0.39 is 6.10 Å². The van der Waals surface area contributed by atoms with Crippen molar-refractivity contribution in [3.8, 4) is 0 Å². The van der Waals surface area contributed by atoms with Crippen molar-refractivity contribution < 1.29 is 28.6 Å². The van der Waals surface area contributed by atoms with Crippen molar-refractivity contribution in [1.29, 1.82) is 0 Å². The second-order valence-electron chi connectivity index (χ2n) is 18.1. The topological polar surface area (TPSA) is 78.9 Å². The van der Waals surface area contributed by atoms with Crippen LogP contribution >= 0.6 is 0 Å². The van der Waals surface area contributed by atoms with Gasteiger partial charge in [0.1, 0.15) is 13.2 Å². The molecule has 0 aromatic heterocycles. The molecule has 0 aromatic carbocycles. The van der Waals surface area contributed by atoms with Crippen molar-refractivity contribution in [2.45, 2.75) is 232 Å². The zero-order chi connectivity index (χ0) is 51.4. The fourth-order valence-electron chi connectivity index (χ4n) is 7.07. The zero-order valence-corrected chi connectivity index (χ0v) is 45.4. The fraction of sp³-hybridized carbons (Fsp3) is 0.585. The van der Waals surface area contributed by atoms with Crippen LogP contribution in [-0.4, -0.2) is 37.2 Å². The second kappa shape index (κ2) is 57.9. The number of carbonyl (C=O) groups excluding carboxylic acids is 3. The van der Waals surface area contributed by atoms with E-state index in [-0.39, 0.29) is 44.0 Å². The summed E-state index contributed by atoms with van der Waals surface area (Å²) in [6.07, 6.45) is 82.7. The molecule has 0 N–H and O–H groups in total. The third-order valence-electron chi connectivity index (χ3n) is 11.3. The van der Waals surface area contributed by atoms with Gasteiger partial charge in [-0.05, 0) is 135 Å². The van der Waals surface area contributed by atoms with Gasteiger partial charge in [-0.25, -0.2) is 0 Å². The molecule has 0 fully saturated rings. The molecular weight excluding hydrogens is 877 g/mol. The Morgan fingerprint density at radius 3 is 0.930 bits per heavy atom. The molecule has 0 aromatic rings. The molecule has 0 amide bonds. The van der Waals surface area contributed by atoms with Gasteiger partial charge in [0, 0.05) is 19.3 Å². The molecule has 0 heterocycles. The van der Waals surface area contributed by atoms with E-state index in [1.807, 2.05) is 12.2 Å². The van der Waals surface area contributed by atoms with Crippen molar-refractivity contribution in [2.24, 2.45) is 0 Å². The van der Waals surface area contributed by atoms with E-state index in [0.717, 1.165) is 128 Å². The molecule has 0 rings (SSSR count). The molecule has 6 heteroatoms. The minimum Gasteiger partial charge on any atom is -0.462 e. The molecule has 0 saturated heterocycles. The fourth-order valence-corrected chi connectivity index (χ4v) is 7.07. The summed E-state index contributed by atoms with van der Waals surface area (Å²) in [5.41, 5.74) is 0. The zero-order valence-electron chi connectivity index (χ0n) is 45.4. The highest BCUT2D eigenvalue weighted by Gasteiger charge is 2.19. The van der Waals surface area contributed by atoms with Gasteiger partial charge in [0.2, 0.25) is 0 Å². The van der Waals surface area contributed by atoms with E-state index in [4.69, 9.17) is 14.2 Å². The molecule has 1 atom stereocenters. The van der Waals surface area contributed by atoms with Gasteiger partial charge in [-0.3, -0.25) is 14.4 Å². The van der Waals surface area contributed by atoms with Gasteiger partial charge in [-0.1, -0.05) is 218 Å². The Morgan fingerprint density at radius 2 is 0.577 bits per heavy atom. The first-order chi connectivity index (χ1) is 35.0. The van der Waals surface area contributed by atoms with Crippen LogP contribution < -0.4 is 0 Å². The minimum atomic E-state index is -0.838. The van der Waals surface area contributed by atoms with Crippen LogP contribution in [0.5, 0.6) is 0 Å². The quantitative estimate of drug-likeness (QED) is 0.0262. The van der Waals surface area contributed by atoms with E-state index in [0.29, 0.717) is 12.8 Å². The largest absolute Gasteiger partial charge is 0.462 e. The van der Waals surface area contributed by atoms with Gasteiger partial charge in [0.15, 0.2) is 6.10 Å². The number of ether oxygens (including phenoxy) is 3. The molecule has 71 heavy (non-hydrogen) atoms. The monoisotopic (exact) mass is 979 g/mol. The molecule has 0 unspecified atom stereocenters. The van der Waals surface area contributed by atoms with Crippen molar-refractivity contribution in [3.05, 3.63) is 146 Å². The van der Waals surface area contributed by atoms with Crippen LogP contribution in [0.1, 0.15) is 226 Å². The van der Waals surface area contributed by atoms with Crippen molar-refractivity contribution in [2.75, 3.05) is 13.2 Å². The maximum Gasteiger partial charge on any atom is 0.306 e. The maximum absolute atomic E-state index is 12.8. The number of unbranched alkanes of at least 4 members (excludes halogenated alkanes) is 14. The predicted molar refractivity (Wildman–Crippen MR) is 306 cm³/mol. The summed E-state index contributed by atoms with van der Waals surface area (Å²) < 4.78 is 16.7. The third-order valence-corrected chi connectivity index (χ3v) is 11.3. The molecule has 0 saturated carbocycles. The number of rotatable bonds is 49. The summed E-state index contributed by atoms with van der Waals surface area (Å²) in [6, 6.07) is 0. The van der Waals surface area contributed by atoms with Gasteiger partial charge >= 0.3 is 17.9 Å². The Morgan fingerprint density at radius 1 is 0.296 bits per heavy atom. The number of esters is 3. The van der Waals surface area contributed by atoms with Crippen molar-refractivity contribution in [1.82, 2.24) is 0 Å². The highest BCUT2D eigenvalue weighted by Crippen LogP contribution is 2.12. The first-order valence-electron chi connectivity index (χ1n) is 28.3. The van der Waals surface area contributed by atoms with E-state index in [9.17, 15) is 14.4 Å². The molecule has 398 valence electrons. The van der Waals surface area contributed by atoms with Crippen LogP contribution in [0, 0.1) is 0 Å². The van der Waals surface area contributed by atoms with Crippen LogP contribution in [0.15, 0.2) is 146 Å². The lowest BCUT2D eigenvalue weighted by atomic mass is 10.1. The van der Waals surface area contributed by atoms with Gasteiger partial charge < -0.3 is 14.2 Å². The Hall–Kier alpha value is -4.71. The van der Waals surface area contributed by atoms with Gasteiger partial charge in [0.25, 0.3) is 0 Å². The molecule has 0 aliphatic rings. The lowest BCUT2D eigenvalue weighted by Gasteiger charge is -2.18. The van der Waals surface area contributed by atoms with Gasteiger partial charge in [-0.15, -0.1) is 0 Å². The van der Waals surface area contributed by atoms with Crippen molar-refractivity contribution >= 4 is 17.9 Å². The average molecular weight is 980 g/mol. The number of hydrogen-bond acceptors (Lipinski definition) is 6. The van der Waals surface area contributed by atoms with E-state index in [2.05, 4.69) is 154 Å². The Labute approximate surface area is 436 Å². The highest BCUT2D eigenvalue weighted by molar-refractivity contribution is 5.71. The lowest BCUT2D eigenvalue weighted by molar-refractivity contribution is -0.166. The normalized spacial score (nSPS) is 13.2. The molecule has 0 spiro atoms. The maximum atomic E-state index is 12.8. The lowest BCUT2D eigenvalue weighted by Crippen LogP contribution is -2.30. The highest BCUT2D eigenvalue weighted by atomic mass is 16.6. The number of hydrogen-bond donors (Lipinski definition) is 0. The first-order valence-corrected chi connectivity index (χ1v) is 28.3. The van der Waals surface area contributed by atoms with Gasteiger partial charge in [0.05, 0.1) is 0 Å².